The van der Waals surface area contributed by atoms with Gasteiger partial charge >= 0.3 is 0 Å². The van der Waals surface area contributed by atoms with Crippen molar-refractivity contribution in [2.45, 2.75) is 38.5 Å². The number of likely N-dealkylation sites (tertiary alicyclic amines) is 1. The molecule has 0 unspecified atom stereocenters. The summed E-state index contributed by atoms with van der Waals surface area (Å²) < 4.78 is 13.6. The summed E-state index contributed by atoms with van der Waals surface area (Å²) in [4.78, 5) is 27.0. The smallest absolute Gasteiger partial charge is 0.254 e. The molecule has 1 aromatic heterocycles. The highest BCUT2D eigenvalue weighted by atomic mass is 16.5. The second-order valence-electron chi connectivity index (χ2n) is 8.52. The van der Waals surface area contributed by atoms with Crippen LogP contribution in [0.5, 0.6) is 11.5 Å². The molecular weight excluding hydrogens is 404 g/mol. The fourth-order valence-corrected chi connectivity index (χ4v) is 4.06. The van der Waals surface area contributed by atoms with Crippen molar-refractivity contribution < 1.29 is 14.3 Å². The molecule has 0 N–H and O–H groups in total. The molecule has 6 heteroatoms. The van der Waals surface area contributed by atoms with E-state index in [9.17, 15) is 9.59 Å². The molecule has 2 aromatic carbocycles. The third-order valence-corrected chi connectivity index (χ3v) is 5.91. The quantitative estimate of drug-likeness (QED) is 0.569. The summed E-state index contributed by atoms with van der Waals surface area (Å²) in [5.41, 5.74) is 2.58. The molecule has 1 aliphatic heterocycles. The second kappa shape index (κ2) is 8.54. The van der Waals surface area contributed by atoms with E-state index in [-0.39, 0.29) is 17.6 Å². The van der Waals surface area contributed by atoms with E-state index in [0.717, 1.165) is 24.1 Å². The van der Waals surface area contributed by atoms with Gasteiger partial charge in [0.15, 0.2) is 0 Å². The summed E-state index contributed by atoms with van der Waals surface area (Å²) in [6.07, 6.45) is 2.03. The first kappa shape index (κ1) is 20.4. The van der Waals surface area contributed by atoms with Gasteiger partial charge in [0.2, 0.25) is 0 Å². The number of carbonyl (C=O) groups excluding carboxylic acids is 1. The van der Waals surface area contributed by atoms with Crippen LogP contribution < -0.4 is 15.0 Å². The first-order chi connectivity index (χ1) is 15.6. The van der Waals surface area contributed by atoms with Crippen LogP contribution in [0.4, 0.5) is 0 Å². The molecule has 2 heterocycles. The zero-order chi connectivity index (χ0) is 22.1. The van der Waals surface area contributed by atoms with Crippen LogP contribution in [0.15, 0.2) is 71.5 Å². The first-order valence-corrected chi connectivity index (χ1v) is 11.0. The van der Waals surface area contributed by atoms with Gasteiger partial charge in [-0.3, -0.25) is 9.59 Å². The predicted molar refractivity (Wildman–Crippen MR) is 121 cm³/mol. The summed E-state index contributed by atoms with van der Waals surface area (Å²) in [5, 5.41) is 0. The molecule has 0 atom stereocenters. The zero-order valence-corrected chi connectivity index (χ0v) is 18.1. The Morgan fingerprint density at radius 3 is 2.47 bits per heavy atom. The van der Waals surface area contributed by atoms with Crippen molar-refractivity contribution in [1.82, 2.24) is 9.47 Å². The lowest BCUT2D eigenvalue weighted by atomic mass is 10.1. The predicted octanol–water partition coefficient (Wildman–Crippen LogP) is 3.97. The molecule has 3 aromatic rings. The van der Waals surface area contributed by atoms with Crippen LogP contribution in [-0.4, -0.2) is 34.6 Å². The van der Waals surface area contributed by atoms with Crippen LogP contribution in [0.25, 0.3) is 0 Å². The van der Waals surface area contributed by atoms with Crippen molar-refractivity contribution in [2.75, 3.05) is 13.1 Å². The van der Waals surface area contributed by atoms with Gasteiger partial charge in [-0.15, -0.1) is 0 Å². The Morgan fingerprint density at radius 1 is 0.969 bits per heavy atom. The van der Waals surface area contributed by atoms with E-state index in [1.54, 1.807) is 23.1 Å². The van der Waals surface area contributed by atoms with Gasteiger partial charge in [0.25, 0.3) is 11.5 Å². The molecule has 1 aliphatic carbocycles. The minimum Gasteiger partial charge on any atom is -0.489 e. The minimum atomic E-state index is -0.105. The minimum absolute atomic E-state index is 0.0120. The van der Waals surface area contributed by atoms with E-state index in [4.69, 9.17) is 9.47 Å². The van der Waals surface area contributed by atoms with Crippen LogP contribution in [0.1, 0.15) is 40.5 Å². The average molecular weight is 431 g/mol. The number of hydrogen-bond donors (Lipinski definition) is 0. The number of carbonyl (C=O) groups is 1. The van der Waals surface area contributed by atoms with Gasteiger partial charge in [-0.25, -0.2) is 0 Å². The number of amides is 1. The Bertz CT molecular complexity index is 1180. The number of ether oxygens (including phenoxy) is 2. The lowest BCUT2D eigenvalue weighted by Crippen LogP contribution is -2.56. The average Bonchev–Trinajstić information content (AvgIpc) is 3.60. The van der Waals surface area contributed by atoms with Crippen molar-refractivity contribution in [2.24, 2.45) is 0 Å². The van der Waals surface area contributed by atoms with Crippen molar-refractivity contribution >= 4 is 5.91 Å². The van der Waals surface area contributed by atoms with E-state index < -0.39 is 0 Å². The normalized spacial score (nSPS) is 15.8. The summed E-state index contributed by atoms with van der Waals surface area (Å²) >= 11 is 0. The molecule has 0 spiro atoms. The molecule has 6 nitrogen and oxygen atoms in total. The maximum atomic E-state index is 12.8. The maximum absolute atomic E-state index is 12.8. The summed E-state index contributed by atoms with van der Waals surface area (Å²) in [7, 11) is 0. The fraction of sp³-hybridized carbons (Fsp3) is 0.308. The molecule has 1 saturated carbocycles. The van der Waals surface area contributed by atoms with Crippen molar-refractivity contribution in [3.8, 4) is 11.5 Å². The van der Waals surface area contributed by atoms with Gasteiger partial charge in [0.05, 0.1) is 13.1 Å². The van der Waals surface area contributed by atoms with Gasteiger partial charge in [0, 0.05) is 23.4 Å². The SMILES string of the molecule is Cc1cc(OC2CN(C(=O)c3cccc(OCc4ccccc4)c3)C2)cc(=O)n1C1CC1. The number of hydrogen-bond acceptors (Lipinski definition) is 4. The molecule has 5 rings (SSSR count). The highest BCUT2D eigenvalue weighted by Gasteiger charge is 2.33. The van der Waals surface area contributed by atoms with Gasteiger partial charge < -0.3 is 18.9 Å². The van der Waals surface area contributed by atoms with Gasteiger partial charge in [-0.05, 0) is 49.6 Å². The lowest BCUT2D eigenvalue weighted by molar-refractivity contribution is 0.0176. The number of benzene rings is 2. The van der Waals surface area contributed by atoms with Gasteiger partial charge in [0.1, 0.15) is 24.2 Å². The second-order valence-corrected chi connectivity index (χ2v) is 8.52. The zero-order valence-electron chi connectivity index (χ0n) is 18.1. The van der Waals surface area contributed by atoms with Crippen LogP contribution in [0.3, 0.4) is 0 Å². The Balaban J connectivity index is 1.16. The van der Waals surface area contributed by atoms with E-state index in [0.29, 0.717) is 42.8 Å². The van der Waals surface area contributed by atoms with Gasteiger partial charge in [-0.2, -0.15) is 0 Å². The summed E-state index contributed by atoms with van der Waals surface area (Å²) in [5.74, 6) is 1.20. The van der Waals surface area contributed by atoms with E-state index in [1.165, 1.54) is 0 Å². The molecule has 2 aliphatic rings. The topological polar surface area (TPSA) is 60.8 Å². The molecule has 164 valence electrons. The Hall–Kier alpha value is -3.54. The standard InChI is InChI=1S/C26H26N2O4/c1-18-12-23(14-25(29)28(18)21-10-11-21)32-24-15-27(16-24)26(30)20-8-5-9-22(13-20)31-17-19-6-3-2-4-7-19/h2-9,12-14,21,24H,10-11,15-17H2,1H3. The van der Waals surface area contributed by atoms with E-state index in [1.807, 2.05) is 60.0 Å². The Kier molecular flexibility index (Phi) is 5.43. The summed E-state index contributed by atoms with van der Waals surface area (Å²) in [6, 6.07) is 21.0. The van der Waals surface area contributed by atoms with Crippen LogP contribution in [0.2, 0.25) is 0 Å². The molecule has 2 fully saturated rings. The number of aryl methyl sites for hydroxylation is 1. The fourth-order valence-electron chi connectivity index (χ4n) is 4.06. The number of aromatic nitrogens is 1. The number of rotatable bonds is 7. The molecule has 0 bridgehead atoms. The Morgan fingerprint density at radius 2 is 1.75 bits per heavy atom. The third-order valence-electron chi connectivity index (χ3n) is 5.91. The largest absolute Gasteiger partial charge is 0.489 e. The summed E-state index contributed by atoms with van der Waals surface area (Å²) in [6.45, 7) is 3.39. The molecule has 0 radical (unpaired) electrons. The monoisotopic (exact) mass is 430 g/mol. The molecule has 32 heavy (non-hydrogen) atoms. The number of nitrogens with zero attached hydrogens (tertiary/aromatic N) is 2. The van der Waals surface area contributed by atoms with Crippen molar-refractivity contribution in [1.29, 1.82) is 0 Å². The van der Waals surface area contributed by atoms with Crippen LogP contribution in [0, 0.1) is 6.92 Å². The highest BCUT2D eigenvalue weighted by Crippen LogP contribution is 2.35. The van der Waals surface area contributed by atoms with Gasteiger partial charge in [-0.1, -0.05) is 36.4 Å². The molecular formula is C26H26N2O4. The molecule has 1 amide bonds. The molecule has 1 saturated heterocycles. The van der Waals surface area contributed by atoms with Crippen molar-refractivity contribution in [3.05, 3.63) is 93.9 Å². The third kappa shape index (κ3) is 4.40. The van der Waals surface area contributed by atoms with Crippen LogP contribution in [-0.2, 0) is 6.61 Å². The van der Waals surface area contributed by atoms with E-state index >= 15 is 0 Å². The first-order valence-electron chi connectivity index (χ1n) is 11.0. The van der Waals surface area contributed by atoms with Crippen LogP contribution >= 0.6 is 0 Å². The van der Waals surface area contributed by atoms with E-state index in [2.05, 4.69) is 0 Å². The number of pyridine rings is 1. The Labute approximate surface area is 187 Å². The van der Waals surface area contributed by atoms with Crippen molar-refractivity contribution in [3.63, 3.8) is 0 Å². The lowest BCUT2D eigenvalue weighted by Gasteiger charge is -2.39. The maximum Gasteiger partial charge on any atom is 0.254 e. The highest BCUT2D eigenvalue weighted by molar-refractivity contribution is 5.95.